The highest BCUT2D eigenvalue weighted by Crippen LogP contribution is 2.45. The Morgan fingerprint density at radius 2 is 2.00 bits per heavy atom. The molecule has 1 rings (SSSR count). The summed E-state index contributed by atoms with van der Waals surface area (Å²) in [6.45, 7) is 9.28. The van der Waals surface area contributed by atoms with Gasteiger partial charge in [0.15, 0.2) is 0 Å². The Bertz CT molecular complexity index is 227. The molecule has 1 aliphatic heterocycles. The lowest BCUT2D eigenvalue weighted by molar-refractivity contribution is -0.172. The van der Waals surface area contributed by atoms with Gasteiger partial charge in [-0.3, -0.25) is 4.79 Å². The van der Waals surface area contributed by atoms with E-state index in [2.05, 4.69) is 13.8 Å². The highest BCUT2D eigenvalue weighted by molar-refractivity contribution is 5.73. The Morgan fingerprint density at radius 1 is 1.50 bits per heavy atom. The average Bonchev–Trinajstić information content (AvgIpc) is 1.95. The molecule has 1 heterocycles. The fourth-order valence-electron chi connectivity index (χ4n) is 1.96. The van der Waals surface area contributed by atoms with Crippen molar-refractivity contribution in [2.75, 3.05) is 13.2 Å². The minimum Gasteiger partial charge on any atom is -0.481 e. The van der Waals surface area contributed by atoms with E-state index in [1.165, 1.54) is 0 Å². The fraction of sp³-hybridized carbons (Fsp3) is 0.909. The Hall–Kier alpha value is -0.570. The second-order valence-electron chi connectivity index (χ2n) is 5.38. The van der Waals surface area contributed by atoms with Crippen LogP contribution in [0.2, 0.25) is 0 Å². The van der Waals surface area contributed by atoms with Crippen LogP contribution in [0.5, 0.6) is 0 Å². The molecular formula is C11H20O3. The molecule has 0 aromatic rings. The van der Waals surface area contributed by atoms with Crippen LogP contribution in [0, 0.1) is 16.7 Å². The number of carboxylic acid groups (broad SMARTS) is 1. The topological polar surface area (TPSA) is 46.5 Å². The van der Waals surface area contributed by atoms with Crippen molar-refractivity contribution in [1.29, 1.82) is 0 Å². The van der Waals surface area contributed by atoms with Crippen molar-refractivity contribution in [3.05, 3.63) is 0 Å². The van der Waals surface area contributed by atoms with E-state index < -0.39 is 11.4 Å². The third-order valence-corrected chi connectivity index (χ3v) is 3.38. The van der Waals surface area contributed by atoms with Crippen LogP contribution >= 0.6 is 0 Å². The number of rotatable bonds is 4. The molecule has 0 aliphatic carbocycles. The van der Waals surface area contributed by atoms with Crippen LogP contribution in [0.15, 0.2) is 0 Å². The molecule has 14 heavy (non-hydrogen) atoms. The molecule has 0 spiro atoms. The molecule has 0 aromatic heterocycles. The van der Waals surface area contributed by atoms with Crippen LogP contribution in [-0.2, 0) is 9.53 Å². The van der Waals surface area contributed by atoms with Gasteiger partial charge >= 0.3 is 5.97 Å². The third kappa shape index (κ3) is 1.92. The van der Waals surface area contributed by atoms with E-state index in [0.717, 1.165) is 0 Å². The first-order valence-corrected chi connectivity index (χ1v) is 5.11. The zero-order valence-electron chi connectivity index (χ0n) is 9.46. The van der Waals surface area contributed by atoms with Crippen molar-refractivity contribution in [2.24, 2.45) is 16.7 Å². The predicted molar refractivity (Wildman–Crippen MR) is 54.1 cm³/mol. The molecule has 82 valence electrons. The van der Waals surface area contributed by atoms with E-state index in [0.29, 0.717) is 25.6 Å². The third-order valence-electron chi connectivity index (χ3n) is 3.38. The van der Waals surface area contributed by atoms with Gasteiger partial charge in [0.05, 0.1) is 18.6 Å². The van der Waals surface area contributed by atoms with Gasteiger partial charge < -0.3 is 9.84 Å². The smallest absolute Gasteiger partial charge is 0.309 e. The van der Waals surface area contributed by atoms with Crippen molar-refractivity contribution in [3.8, 4) is 0 Å². The standard InChI is InChI=1S/C11H20O3/c1-8(2)11(6-14-7-11)5-10(3,4)9(12)13/h8H,5-7H2,1-4H3,(H,12,13). The summed E-state index contributed by atoms with van der Waals surface area (Å²) in [5.41, 5.74) is -0.560. The number of aliphatic carboxylic acids is 1. The second-order valence-corrected chi connectivity index (χ2v) is 5.38. The van der Waals surface area contributed by atoms with Crippen LogP contribution in [0.25, 0.3) is 0 Å². The van der Waals surface area contributed by atoms with E-state index >= 15 is 0 Å². The van der Waals surface area contributed by atoms with Gasteiger partial charge in [0.2, 0.25) is 0 Å². The van der Waals surface area contributed by atoms with E-state index in [4.69, 9.17) is 9.84 Å². The van der Waals surface area contributed by atoms with Crippen LogP contribution in [-0.4, -0.2) is 24.3 Å². The highest BCUT2D eigenvalue weighted by atomic mass is 16.5. The van der Waals surface area contributed by atoms with Crippen LogP contribution in [0.1, 0.15) is 34.1 Å². The first-order chi connectivity index (χ1) is 6.30. The lowest BCUT2D eigenvalue weighted by atomic mass is 9.65. The number of ether oxygens (including phenoxy) is 1. The van der Waals surface area contributed by atoms with E-state index in [1.807, 2.05) is 0 Å². The lowest BCUT2D eigenvalue weighted by Crippen LogP contribution is -2.50. The highest BCUT2D eigenvalue weighted by Gasteiger charge is 2.47. The summed E-state index contributed by atoms with van der Waals surface area (Å²) in [4.78, 5) is 11.0. The molecule has 1 saturated heterocycles. The van der Waals surface area contributed by atoms with Crippen molar-refractivity contribution >= 4 is 5.97 Å². The summed E-state index contributed by atoms with van der Waals surface area (Å²) in [7, 11) is 0. The molecule has 0 radical (unpaired) electrons. The molecule has 0 unspecified atom stereocenters. The molecule has 0 bridgehead atoms. The van der Waals surface area contributed by atoms with Gasteiger partial charge in [-0.2, -0.15) is 0 Å². The Balaban J connectivity index is 2.70. The summed E-state index contributed by atoms with van der Waals surface area (Å²) < 4.78 is 5.23. The van der Waals surface area contributed by atoms with Crippen molar-refractivity contribution in [2.45, 2.75) is 34.1 Å². The minimum atomic E-state index is -0.718. The zero-order valence-corrected chi connectivity index (χ0v) is 9.46. The normalized spacial score (nSPS) is 20.6. The number of hydrogen-bond donors (Lipinski definition) is 1. The van der Waals surface area contributed by atoms with Gasteiger partial charge in [-0.15, -0.1) is 0 Å². The van der Waals surface area contributed by atoms with Gasteiger partial charge in [-0.25, -0.2) is 0 Å². The van der Waals surface area contributed by atoms with Crippen LogP contribution in [0.3, 0.4) is 0 Å². The van der Waals surface area contributed by atoms with Crippen molar-refractivity contribution < 1.29 is 14.6 Å². The second kappa shape index (κ2) is 3.54. The molecule has 3 heteroatoms. The quantitative estimate of drug-likeness (QED) is 0.756. The number of carbonyl (C=O) groups is 1. The Morgan fingerprint density at radius 3 is 2.21 bits per heavy atom. The maximum atomic E-state index is 11.0. The fourth-order valence-corrected chi connectivity index (χ4v) is 1.96. The summed E-state index contributed by atoms with van der Waals surface area (Å²) in [5, 5.41) is 9.07. The van der Waals surface area contributed by atoms with Crippen molar-refractivity contribution in [1.82, 2.24) is 0 Å². The van der Waals surface area contributed by atoms with Gasteiger partial charge in [0.25, 0.3) is 0 Å². The molecular weight excluding hydrogens is 180 g/mol. The Kier molecular flexibility index (Phi) is 2.91. The first kappa shape index (κ1) is 11.5. The lowest BCUT2D eigenvalue weighted by Gasteiger charge is -2.48. The average molecular weight is 200 g/mol. The van der Waals surface area contributed by atoms with Crippen LogP contribution < -0.4 is 0 Å². The maximum absolute atomic E-state index is 11.0. The van der Waals surface area contributed by atoms with E-state index in [9.17, 15) is 4.79 Å². The summed E-state index contributed by atoms with van der Waals surface area (Å²) in [6.07, 6.45) is 0.701. The van der Waals surface area contributed by atoms with Gasteiger partial charge in [0.1, 0.15) is 0 Å². The molecule has 3 nitrogen and oxygen atoms in total. The predicted octanol–water partition coefficient (Wildman–Crippen LogP) is 2.16. The minimum absolute atomic E-state index is 0.0852. The van der Waals surface area contributed by atoms with E-state index in [-0.39, 0.29) is 5.41 Å². The molecule has 0 amide bonds. The van der Waals surface area contributed by atoms with Gasteiger partial charge in [-0.1, -0.05) is 13.8 Å². The monoisotopic (exact) mass is 200 g/mol. The molecule has 1 N–H and O–H groups in total. The van der Waals surface area contributed by atoms with Crippen molar-refractivity contribution in [3.63, 3.8) is 0 Å². The number of carboxylic acids is 1. The maximum Gasteiger partial charge on any atom is 0.309 e. The largest absolute Gasteiger partial charge is 0.481 e. The first-order valence-electron chi connectivity index (χ1n) is 5.11. The summed E-state index contributed by atoms with van der Waals surface area (Å²) in [5.74, 6) is -0.237. The molecule has 0 aromatic carbocycles. The van der Waals surface area contributed by atoms with Gasteiger partial charge in [0, 0.05) is 5.41 Å². The zero-order chi connectivity index (χ0) is 11.0. The molecule has 1 fully saturated rings. The SMILES string of the molecule is CC(C)C1(CC(C)(C)C(=O)O)COC1. The summed E-state index contributed by atoms with van der Waals surface area (Å²) >= 11 is 0. The number of hydrogen-bond acceptors (Lipinski definition) is 2. The van der Waals surface area contributed by atoms with Gasteiger partial charge in [-0.05, 0) is 26.2 Å². The molecule has 1 aliphatic rings. The Labute approximate surface area is 85.5 Å². The summed E-state index contributed by atoms with van der Waals surface area (Å²) in [6, 6.07) is 0. The van der Waals surface area contributed by atoms with E-state index in [1.54, 1.807) is 13.8 Å². The molecule has 0 saturated carbocycles. The molecule has 0 atom stereocenters. The van der Waals surface area contributed by atoms with Crippen LogP contribution in [0.4, 0.5) is 0 Å².